The highest BCUT2D eigenvalue weighted by Gasteiger charge is 1.98. The number of hydrogen-bond acceptors (Lipinski definition) is 1. The largest absolute Gasteiger partial charge is 0.312 e. The van der Waals surface area contributed by atoms with Crippen LogP contribution >= 0.6 is 11.6 Å². The molecule has 1 N–H and O–H groups in total. The highest BCUT2D eigenvalue weighted by Crippen LogP contribution is 2.14. The molecule has 0 heterocycles. The fraction of sp³-hybridized carbons (Fsp3) is 0.455. The average molecular weight is 198 g/mol. The lowest BCUT2D eigenvalue weighted by Crippen LogP contribution is -2.19. The predicted octanol–water partition coefficient (Wildman–Crippen LogP) is 3.09. The van der Waals surface area contributed by atoms with Crippen molar-refractivity contribution in [1.29, 1.82) is 0 Å². The first-order valence-electron chi connectivity index (χ1n) is 4.64. The first-order valence-corrected chi connectivity index (χ1v) is 5.02. The molecule has 0 fully saturated rings. The summed E-state index contributed by atoms with van der Waals surface area (Å²) in [5.41, 5.74) is 1.17. The number of benzene rings is 1. The molecular weight excluding hydrogens is 182 g/mol. The van der Waals surface area contributed by atoms with Crippen LogP contribution in [0, 0.1) is 5.92 Å². The van der Waals surface area contributed by atoms with Gasteiger partial charge in [-0.3, -0.25) is 0 Å². The summed E-state index contributed by atoms with van der Waals surface area (Å²) in [6.45, 7) is 6.28. The smallest absolute Gasteiger partial charge is 0.0450 e. The van der Waals surface area contributed by atoms with E-state index in [-0.39, 0.29) is 0 Å². The highest BCUT2D eigenvalue weighted by atomic mass is 35.5. The quantitative estimate of drug-likeness (QED) is 0.783. The normalized spacial score (nSPS) is 10.8. The van der Waals surface area contributed by atoms with E-state index in [4.69, 9.17) is 11.6 Å². The summed E-state index contributed by atoms with van der Waals surface area (Å²) in [4.78, 5) is 0. The topological polar surface area (TPSA) is 12.0 Å². The number of rotatable bonds is 4. The van der Waals surface area contributed by atoms with E-state index in [1.807, 2.05) is 18.2 Å². The standard InChI is InChI=1S/C11H16ClN/c1-9(2)7-13-8-10-5-3-4-6-11(10)12/h3-6,9,13H,7-8H2,1-2H3. The van der Waals surface area contributed by atoms with Crippen LogP contribution in [0.2, 0.25) is 5.02 Å². The molecule has 0 atom stereocenters. The van der Waals surface area contributed by atoms with Crippen LogP contribution in [0.25, 0.3) is 0 Å². The van der Waals surface area contributed by atoms with Gasteiger partial charge in [-0.1, -0.05) is 43.6 Å². The van der Waals surface area contributed by atoms with Gasteiger partial charge in [0.1, 0.15) is 0 Å². The van der Waals surface area contributed by atoms with Gasteiger partial charge in [0.05, 0.1) is 0 Å². The lowest BCUT2D eigenvalue weighted by atomic mass is 10.2. The first-order chi connectivity index (χ1) is 6.20. The first kappa shape index (κ1) is 10.6. The van der Waals surface area contributed by atoms with E-state index in [0.717, 1.165) is 18.1 Å². The van der Waals surface area contributed by atoms with Crippen LogP contribution < -0.4 is 5.32 Å². The highest BCUT2D eigenvalue weighted by molar-refractivity contribution is 6.31. The van der Waals surface area contributed by atoms with Crippen LogP contribution in [0.3, 0.4) is 0 Å². The van der Waals surface area contributed by atoms with E-state index < -0.39 is 0 Å². The van der Waals surface area contributed by atoms with E-state index in [9.17, 15) is 0 Å². The monoisotopic (exact) mass is 197 g/mol. The van der Waals surface area contributed by atoms with E-state index in [1.165, 1.54) is 5.56 Å². The minimum atomic E-state index is 0.683. The minimum Gasteiger partial charge on any atom is -0.312 e. The Bertz CT molecular complexity index is 258. The van der Waals surface area contributed by atoms with Gasteiger partial charge < -0.3 is 5.32 Å². The molecule has 0 aliphatic carbocycles. The van der Waals surface area contributed by atoms with Gasteiger partial charge in [0, 0.05) is 11.6 Å². The summed E-state index contributed by atoms with van der Waals surface area (Å²) < 4.78 is 0. The van der Waals surface area contributed by atoms with Crippen LogP contribution in [0.1, 0.15) is 19.4 Å². The lowest BCUT2D eigenvalue weighted by molar-refractivity contribution is 0.552. The zero-order valence-corrected chi connectivity index (χ0v) is 8.93. The molecular formula is C11H16ClN. The van der Waals surface area contributed by atoms with Crippen molar-refractivity contribution in [3.8, 4) is 0 Å². The molecule has 13 heavy (non-hydrogen) atoms. The van der Waals surface area contributed by atoms with Crippen LogP contribution in [-0.2, 0) is 6.54 Å². The van der Waals surface area contributed by atoms with Gasteiger partial charge in [-0.2, -0.15) is 0 Å². The van der Waals surface area contributed by atoms with Gasteiger partial charge in [0.15, 0.2) is 0 Å². The zero-order valence-electron chi connectivity index (χ0n) is 8.18. The molecule has 2 heteroatoms. The third-order valence-corrected chi connectivity index (χ3v) is 2.19. The van der Waals surface area contributed by atoms with Gasteiger partial charge in [-0.25, -0.2) is 0 Å². The predicted molar refractivity (Wildman–Crippen MR) is 58.0 cm³/mol. The summed E-state index contributed by atoms with van der Waals surface area (Å²) in [6, 6.07) is 7.94. The van der Waals surface area contributed by atoms with Crippen molar-refractivity contribution < 1.29 is 0 Å². The summed E-state index contributed by atoms with van der Waals surface area (Å²) in [5.74, 6) is 0.683. The number of hydrogen-bond donors (Lipinski definition) is 1. The second-order valence-corrected chi connectivity index (χ2v) is 4.02. The van der Waals surface area contributed by atoms with Gasteiger partial charge in [0.25, 0.3) is 0 Å². The van der Waals surface area contributed by atoms with Gasteiger partial charge in [-0.05, 0) is 24.1 Å². The van der Waals surface area contributed by atoms with Crippen molar-refractivity contribution in [3.05, 3.63) is 34.9 Å². The zero-order chi connectivity index (χ0) is 9.68. The second-order valence-electron chi connectivity index (χ2n) is 3.62. The molecule has 0 bridgehead atoms. The van der Waals surface area contributed by atoms with Crippen molar-refractivity contribution >= 4 is 11.6 Å². The van der Waals surface area contributed by atoms with E-state index >= 15 is 0 Å². The van der Waals surface area contributed by atoms with Gasteiger partial charge in [-0.15, -0.1) is 0 Å². The fourth-order valence-electron chi connectivity index (χ4n) is 1.14. The van der Waals surface area contributed by atoms with Crippen molar-refractivity contribution in [1.82, 2.24) is 5.32 Å². The Morgan fingerprint density at radius 2 is 2.00 bits per heavy atom. The maximum Gasteiger partial charge on any atom is 0.0450 e. The summed E-state index contributed by atoms with van der Waals surface area (Å²) >= 11 is 6.00. The lowest BCUT2D eigenvalue weighted by Gasteiger charge is -2.08. The second kappa shape index (κ2) is 5.25. The van der Waals surface area contributed by atoms with E-state index in [1.54, 1.807) is 0 Å². The molecule has 0 saturated carbocycles. The Morgan fingerprint density at radius 3 is 2.62 bits per heavy atom. The SMILES string of the molecule is CC(C)CNCc1ccccc1Cl. The molecule has 0 spiro atoms. The number of nitrogens with one attached hydrogen (secondary N) is 1. The molecule has 0 aliphatic rings. The third kappa shape index (κ3) is 3.79. The third-order valence-electron chi connectivity index (χ3n) is 1.83. The summed E-state index contributed by atoms with van der Waals surface area (Å²) in [7, 11) is 0. The van der Waals surface area contributed by atoms with Crippen molar-refractivity contribution in [2.45, 2.75) is 20.4 Å². The molecule has 1 aromatic rings. The van der Waals surface area contributed by atoms with Crippen LogP contribution in [0.15, 0.2) is 24.3 Å². The van der Waals surface area contributed by atoms with E-state index in [0.29, 0.717) is 5.92 Å². The van der Waals surface area contributed by atoms with Gasteiger partial charge >= 0.3 is 0 Å². The molecule has 72 valence electrons. The van der Waals surface area contributed by atoms with E-state index in [2.05, 4.69) is 25.2 Å². The number of halogens is 1. The molecule has 0 unspecified atom stereocenters. The Hall–Kier alpha value is -0.530. The molecule has 1 nitrogen and oxygen atoms in total. The molecule has 1 rings (SSSR count). The minimum absolute atomic E-state index is 0.683. The summed E-state index contributed by atoms with van der Waals surface area (Å²) in [5, 5.41) is 4.20. The van der Waals surface area contributed by atoms with Crippen molar-refractivity contribution in [2.75, 3.05) is 6.54 Å². The Labute approximate surface area is 85.1 Å². The van der Waals surface area contributed by atoms with Crippen LogP contribution in [0.4, 0.5) is 0 Å². The van der Waals surface area contributed by atoms with Gasteiger partial charge in [0.2, 0.25) is 0 Å². The van der Waals surface area contributed by atoms with Crippen molar-refractivity contribution in [3.63, 3.8) is 0 Å². The molecule has 0 aromatic heterocycles. The maximum atomic E-state index is 6.00. The Morgan fingerprint density at radius 1 is 1.31 bits per heavy atom. The molecule has 0 aliphatic heterocycles. The van der Waals surface area contributed by atoms with Crippen LogP contribution in [-0.4, -0.2) is 6.54 Å². The molecule has 0 amide bonds. The molecule has 1 aromatic carbocycles. The fourth-order valence-corrected chi connectivity index (χ4v) is 1.34. The maximum absolute atomic E-state index is 6.00. The Kier molecular flexibility index (Phi) is 4.26. The Balaban J connectivity index is 2.41. The summed E-state index contributed by atoms with van der Waals surface area (Å²) in [6.07, 6.45) is 0. The van der Waals surface area contributed by atoms with Crippen LogP contribution in [0.5, 0.6) is 0 Å². The molecule has 0 radical (unpaired) electrons. The molecule has 0 saturated heterocycles. The van der Waals surface area contributed by atoms with Crippen molar-refractivity contribution in [2.24, 2.45) is 5.92 Å². The average Bonchev–Trinajstić information content (AvgIpc) is 2.08.